The van der Waals surface area contributed by atoms with Gasteiger partial charge in [-0.15, -0.1) is 0 Å². The highest BCUT2D eigenvalue weighted by Crippen LogP contribution is 2.23. The Morgan fingerprint density at radius 2 is 1.77 bits per heavy atom. The van der Waals surface area contributed by atoms with Gasteiger partial charge in [0, 0.05) is 43.5 Å². The number of nitrogens with one attached hydrogen (secondary N) is 2. The van der Waals surface area contributed by atoms with E-state index in [1.54, 1.807) is 0 Å². The van der Waals surface area contributed by atoms with Gasteiger partial charge in [0.1, 0.15) is 5.82 Å². The third-order valence-electron chi connectivity index (χ3n) is 5.80. The van der Waals surface area contributed by atoms with Crippen molar-refractivity contribution >= 4 is 17.7 Å². The number of carbonyl (C=O) groups excluding carboxylic acids is 1. The monoisotopic (exact) mass is 409 g/mol. The molecule has 1 aromatic carbocycles. The summed E-state index contributed by atoms with van der Waals surface area (Å²) in [6, 6.07) is 8.62. The summed E-state index contributed by atoms with van der Waals surface area (Å²) < 4.78 is 0. The maximum Gasteiger partial charge on any atom is 0.251 e. The van der Waals surface area contributed by atoms with E-state index in [0.717, 1.165) is 49.0 Å². The van der Waals surface area contributed by atoms with E-state index in [9.17, 15) is 4.79 Å². The number of unbranched alkanes of at least 4 members (excludes halogenated alkanes) is 1. The highest BCUT2D eigenvalue weighted by Gasteiger charge is 2.23. The van der Waals surface area contributed by atoms with Gasteiger partial charge in [0.15, 0.2) is 0 Å². The molecule has 1 fully saturated rings. The topological polar surface area (TPSA) is 70.2 Å². The van der Waals surface area contributed by atoms with Crippen molar-refractivity contribution < 1.29 is 4.79 Å². The van der Waals surface area contributed by atoms with Crippen LogP contribution in [-0.4, -0.2) is 42.1 Å². The van der Waals surface area contributed by atoms with Crippen LogP contribution >= 0.6 is 0 Å². The Bertz CT molecular complexity index is 826. The fourth-order valence-electron chi connectivity index (χ4n) is 3.99. The first kappa shape index (κ1) is 22.1. The summed E-state index contributed by atoms with van der Waals surface area (Å²) in [6.07, 6.45) is 9.24. The lowest BCUT2D eigenvalue weighted by Gasteiger charge is -2.30. The maximum absolute atomic E-state index is 12.6. The second-order valence-corrected chi connectivity index (χ2v) is 8.56. The highest BCUT2D eigenvalue weighted by molar-refractivity contribution is 5.94. The summed E-state index contributed by atoms with van der Waals surface area (Å²) in [5, 5.41) is 6.68. The average molecular weight is 410 g/mol. The summed E-state index contributed by atoms with van der Waals surface area (Å²) in [4.78, 5) is 23.7. The molecule has 6 nitrogen and oxygen atoms in total. The molecular formula is C24H35N5O. The number of amides is 1. The number of anilines is 2. The molecule has 1 aliphatic carbocycles. The second kappa shape index (κ2) is 10.4. The number of rotatable bonds is 8. The summed E-state index contributed by atoms with van der Waals surface area (Å²) >= 11 is 0. The number of aromatic nitrogens is 2. The fraction of sp³-hybridized carbons (Fsp3) is 0.542. The Hall–Kier alpha value is -2.63. The van der Waals surface area contributed by atoms with Crippen LogP contribution in [0, 0.1) is 6.92 Å². The molecule has 2 aromatic rings. The van der Waals surface area contributed by atoms with Crippen molar-refractivity contribution in [2.45, 2.75) is 70.9 Å². The molecule has 0 bridgehead atoms. The Balaban J connectivity index is 1.47. The minimum Gasteiger partial charge on any atom is -0.362 e. The Kier molecular flexibility index (Phi) is 7.66. The van der Waals surface area contributed by atoms with Crippen LogP contribution in [-0.2, 0) is 6.42 Å². The lowest BCUT2D eigenvalue weighted by molar-refractivity contribution is 0.0926. The van der Waals surface area contributed by atoms with E-state index < -0.39 is 0 Å². The largest absolute Gasteiger partial charge is 0.362 e. The predicted molar refractivity (Wildman–Crippen MR) is 123 cm³/mol. The highest BCUT2D eigenvalue weighted by atomic mass is 16.1. The molecule has 1 aliphatic rings. The molecule has 6 heteroatoms. The Morgan fingerprint density at radius 1 is 1.10 bits per heavy atom. The van der Waals surface area contributed by atoms with Gasteiger partial charge >= 0.3 is 0 Å². The summed E-state index contributed by atoms with van der Waals surface area (Å²) in [5.41, 5.74) is 3.12. The SMILES string of the molecule is CCCCc1ccc(C(=O)N[C@H]2CC[C@@H](Nc3ncc(C)c(N(C)C)n3)CC2)cc1. The molecule has 0 unspecified atom stereocenters. The van der Waals surface area contributed by atoms with Crippen molar-refractivity contribution in [1.82, 2.24) is 15.3 Å². The van der Waals surface area contributed by atoms with E-state index in [2.05, 4.69) is 39.7 Å². The van der Waals surface area contributed by atoms with Gasteiger partial charge in [-0.2, -0.15) is 4.98 Å². The lowest BCUT2D eigenvalue weighted by atomic mass is 9.91. The van der Waals surface area contributed by atoms with Crippen LogP contribution in [0.4, 0.5) is 11.8 Å². The Morgan fingerprint density at radius 3 is 2.40 bits per heavy atom. The van der Waals surface area contributed by atoms with Crippen LogP contribution in [0.3, 0.4) is 0 Å². The van der Waals surface area contributed by atoms with Gasteiger partial charge in [-0.25, -0.2) is 4.98 Å². The van der Waals surface area contributed by atoms with Gasteiger partial charge in [0.2, 0.25) is 5.95 Å². The molecule has 0 aliphatic heterocycles. The predicted octanol–water partition coefficient (Wildman–Crippen LogP) is 4.35. The minimum absolute atomic E-state index is 0.0333. The second-order valence-electron chi connectivity index (χ2n) is 8.56. The molecule has 0 saturated heterocycles. The third-order valence-corrected chi connectivity index (χ3v) is 5.80. The first-order valence-electron chi connectivity index (χ1n) is 11.1. The number of benzene rings is 1. The van der Waals surface area contributed by atoms with Gasteiger partial charge in [0.05, 0.1) is 0 Å². The van der Waals surface area contributed by atoms with Gasteiger partial charge in [-0.1, -0.05) is 25.5 Å². The van der Waals surface area contributed by atoms with E-state index in [4.69, 9.17) is 0 Å². The van der Waals surface area contributed by atoms with Gasteiger partial charge < -0.3 is 15.5 Å². The van der Waals surface area contributed by atoms with Crippen molar-refractivity contribution in [2.24, 2.45) is 0 Å². The Labute approximate surface area is 180 Å². The molecule has 3 rings (SSSR count). The van der Waals surface area contributed by atoms with Crippen molar-refractivity contribution in [3.05, 3.63) is 47.2 Å². The third kappa shape index (κ3) is 5.94. The first-order chi connectivity index (χ1) is 14.5. The van der Waals surface area contributed by atoms with E-state index >= 15 is 0 Å². The molecule has 0 atom stereocenters. The van der Waals surface area contributed by atoms with Crippen LogP contribution in [0.15, 0.2) is 30.5 Å². The number of aryl methyl sites for hydroxylation is 2. The maximum atomic E-state index is 12.6. The zero-order valence-corrected chi connectivity index (χ0v) is 18.7. The van der Waals surface area contributed by atoms with Crippen molar-refractivity contribution in [3.63, 3.8) is 0 Å². The number of hydrogen-bond donors (Lipinski definition) is 2. The van der Waals surface area contributed by atoms with Crippen LogP contribution in [0.5, 0.6) is 0 Å². The van der Waals surface area contributed by atoms with E-state index in [1.807, 2.05) is 44.2 Å². The summed E-state index contributed by atoms with van der Waals surface area (Å²) in [6.45, 7) is 4.21. The van der Waals surface area contributed by atoms with E-state index in [0.29, 0.717) is 12.0 Å². The molecule has 0 radical (unpaired) electrons. The molecule has 1 saturated carbocycles. The standard InChI is InChI=1S/C24H35N5O/c1-5-6-7-18-8-10-19(11-9-18)23(30)26-20-12-14-21(15-13-20)27-24-25-16-17(2)22(28-24)29(3)4/h8-11,16,20-21H,5-7,12-15H2,1-4H3,(H,26,30)(H,25,27,28)/t20-,21+. The van der Waals surface area contributed by atoms with Crippen LogP contribution < -0.4 is 15.5 Å². The smallest absolute Gasteiger partial charge is 0.251 e. The first-order valence-corrected chi connectivity index (χ1v) is 11.1. The van der Waals surface area contributed by atoms with Gasteiger partial charge in [0.25, 0.3) is 5.91 Å². The molecule has 30 heavy (non-hydrogen) atoms. The minimum atomic E-state index is 0.0333. The fourth-order valence-corrected chi connectivity index (χ4v) is 3.99. The number of hydrogen-bond acceptors (Lipinski definition) is 5. The summed E-state index contributed by atoms with van der Waals surface area (Å²) in [7, 11) is 3.98. The lowest BCUT2D eigenvalue weighted by Crippen LogP contribution is -2.40. The normalized spacial score (nSPS) is 18.7. The molecule has 1 heterocycles. The molecule has 1 amide bonds. The zero-order chi connectivity index (χ0) is 21.5. The van der Waals surface area contributed by atoms with Gasteiger partial charge in [-0.3, -0.25) is 4.79 Å². The number of carbonyl (C=O) groups is 1. The van der Waals surface area contributed by atoms with Crippen LogP contribution in [0.25, 0.3) is 0 Å². The van der Waals surface area contributed by atoms with Crippen LogP contribution in [0.2, 0.25) is 0 Å². The molecule has 0 spiro atoms. The number of nitrogens with zero attached hydrogens (tertiary/aromatic N) is 3. The molecular weight excluding hydrogens is 374 g/mol. The van der Waals surface area contributed by atoms with E-state index in [-0.39, 0.29) is 11.9 Å². The van der Waals surface area contributed by atoms with Crippen LogP contribution in [0.1, 0.15) is 66.9 Å². The van der Waals surface area contributed by atoms with Crippen molar-refractivity contribution in [1.29, 1.82) is 0 Å². The van der Waals surface area contributed by atoms with Crippen molar-refractivity contribution in [3.8, 4) is 0 Å². The van der Waals surface area contributed by atoms with Crippen molar-refractivity contribution in [2.75, 3.05) is 24.3 Å². The molecule has 2 N–H and O–H groups in total. The quantitative estimate of drug-likeness (QED) is 0.678. The zero-order valence-electron chi connectivity index (χ0n) is 18.7. The molecule has 162 valence electrons. The van der Waals surface area contributed by atoms with Gasteiger partial charge in [-0.05, 0) is 63.1 Å². The molecule has 1 aromatic heterocycles. The van der Waals surface area contributed by atoms with E-state index in [1.165, 1.54) is 18.4 Å². The summed E-state index contributed by atoms with van der Waals surface area (Å²) in [5.74, 6) is 1.65. The average Bonchev–Trinajstić information content (AvgIpc) is 2.75.